The van der Waals surface area contributed by atoms with Crippen molar-refractivity contribution in [2.24, 2.45) is 5.73 Å². The number of aliphatic hydroxyl groups excluding tert-OH is 1. The molecule has 0 aromatic heterocycles. The molecule has 5 heteroatoms. The Labute approximate surface area is 107 Å². The first-order chi connectivity index (χ1) is 8.59. The van der Waals surface area contributed by atoms with Crippen LogP contribution in [-0.4, -0.2) is 37.4 Å². The third-order valence-electron chi connectivity index (χ3n) is 2.61. The summed E-state index contributed by atoms with van der Waals surface area (Å²) < 4.78 is 5.05. The van der Waals surface area contributed by atoms with Crippen molar-refractivity contribution >= 4 is 5.91 Å². The van der Waals surface area contributed by atoms with Crippen LogP contribution in [0.4, 0.5) is 0 Å². The molecule has 0 aliphatic heterocycles. The topological polar surface area (TPSA) is 84.6 Å². The Balaban J connectivity index is 2.45. The van der Waals surface area contributed by atoms with Gasteiger partial charge in [-0.25, -0.2) is 0 Å². The Hall–Kier alpha value is -1.43. The van der Waals surface area contributed by atoms with E-state index in [0.717, 1.165) is 5.56 Å². The van der Waals surface area contributed by atoms with Crippen LogP contribution >= 0.6 is 0 Å². The van der Waals surface area contributed by atoms with Gasteiger partial charge < -0.3 is 20.9 Å². The first kappa shape index (κ1) is 14.6. The second-order valence-electron chi connectivity index (χ2n) is 4.16. The standard InChI is InChI=1S/C13H20N2O3/c1-13(14,11-5-3-2-4-6-11)12(17)15-7-9-18-10-8-16/h2-6,16H,7-10,14H2,1H3,(H,15,17). The molecular weight excluding hydrogens is 232 g/mol. The summed E-state index contributed by atoms with van der Waals surface area (Å²) in [6.45, 7) is 2.66. The molecule has 1 aromatic rings. The monoisotopic (exact) mass is 252 g/mol. The highest BCUT2D eigenvalue weighted by atomic mass is 16.5. The summed E-state index contributed by atoms with van der Waals surface area (Å²) in [7, 11) is 0. The van der Waals surface area contributed by atoms with Gasteiger partial charge in [0.25, 0.3) is 0 Å². The smallest absolute Gasteiger partial charge is 0.244 e. The molecule has 0 saturated carbocycles. The number of ether oxygens (including phenoxy) is 1. The predicted octanol–water partition coefficient (Wildman–Crippen LogP) is -0.0144. The molecule has 18 heavy (non-hydrogen) atoms. The van der Waals surface area contributed by atoms with E-state index in [-0.39, 0.29) is 19.1 Å². The zero-order valence-corrected chi connectivity index (χ0v) is 10.6. The molecular formula is C13H20N2O3. The van der Waals surface area contributed by atoms with Gasteiger partial charge in [0.2, 0.25) is 5.91 Å². The molecule has 1 aromatic carbocycles. The molecule has 5 nitrogen and oxygen atoms in total. The molecule has 0 aliphatic rings. The number of amides is 1. The zero-order valence-electron chi connectivity index (χ0n) is 10.6. The first-order valence-corrected chi connectivity index (χ1v) is 5.90. The van der Waals surface area contributed by atoms with Crippen molar-refractivity contribution in [2.45, 2.75) is 12.5 Å². The van der Waals surface area contributed by atoms with E-state index in [0.29, 0.717) is 13.2 Å². The van der Waals surface area contributed by atoms with Crippen molar-refractivity contribution in [3.63, 3.8) is 0 Å². The van der Waals surface area contributed by atoms with Crippen LogP contribution < -0.4 is 11.1 Å². The van der Waals surface area contributed by atoms with Crippen LogP contribution in [0.3, 0.4) is 0 Å². The van der Waals surface area contributed by atoms with Crippen LogP contribution in [0.5, 0.6) is 0 Å². The Morgan fingerprint density at radius 2 is 2.06 bits per heavy atom. The highest BCUT2D eigenvalue weighted by molar-refractivity contribution is 5.86. The van der Waals surface area contributed by atoms with Crippen LogP contribution in [0.25, 0.3) is 0 Å². The maximum Gasteiger partial charge on any atom is 0.244 e. The lowest BCUT2D eigenvalue weighted by atomic mass is 9.92. The van der Waals surface area contributed by atoms with Crippen LogP contribution in [0.2, 0.25) is 0 Å². The van der Waals surface area contributed by atoms with Gasteiger partial charge in [0.1, 0.15) is 5.54 Å². The Morgan fingerprint density at radius 3 is 2.67 bits per heavy atom. The van der Waals surface area contributed by atoms with Gasteiger partial charge in [-0.05, 0) is 12.5 Å². The number of benzene rings is 1. The average molecular weight is 252 g/mol. The molecule has 1 atom stereocenters. The number of rotatable bonds is 7. The van der Waals surface area contributed by atoms with Gasteiger partial charge in [-0.15, -0.1) is 0 Å². The van der Waals surface area contributed by atoms with E-state index in [1.54, 1.807) is 6.92 Å². The number of carbonyl (C=O) groups excluding carboxylic acids is 1. The van der Waals surface area contributed by atoms with Crippen LogP contribution in [0.1, 0.15) is 12.5 Å². The van der Waals surface area contributed by atoms with Gasteiger partial charge in [-0.1, -0.05) is 30.3 Å². The number of nitrogens with two attached hydrogens (primary N) is 1. The minimum atomic E-state index is -1.06. The van der Waals surface area contributed by atoms with Gasteiger partial charge in [0.05, 0.1) is 19.8 Å². The number of aliphatic hydroxyl groups is 1. The largest absolute Gasteiger partial charge is 0.394 e. The summed E-state index contributed by atoms with van der Waals surface area (Å²) in [5, 5.41) is 11.2. The molecule has 1 amide bonds. The van der Waals surface area contributed by atoms with Crippen molar-refractivity contribution in [1.82, 2.24) is 5.32 Å². The van der Waals surface area contributed by atoms with Crippen molar-refractivity contribution < 1.29 is 14.6 Å². The molecule has 1 rings (SSSR count). The molecule has 0 fully saturated rings. The minimum Gasteiger partial charge on any atom is -0.394 e. The summed E-state index contributed by atoms with van der Waals surface area (Å²) in [5.74, 6) is -0.249. The average Bonchev–Trinajstić information content (AvgIpc) is 2.39. The lowest BCUT2D eigenvalue weighted by Gasteiger charge is -2.24. The normalized spacial score (nSPS) is 13.9. The summed E-state index contributed by atoms with van der Waals surface area (Å²) >= 11 is 0. The SMILES string of the molecule is CC(N)(C(=O)NCCOCCO)c1ccccc1. The quantitative estimate of drug-likeness (QED) is 0.596. The number of carbonyl (C=O) groups is 1. The van der Waals surface area contributed by atoms with Gasteiger partial charge in [0, 0.05) is 6.54 Å². The Kier molecular flexibility index (Phi) is 5.77. The minimum absolute atomic E-state index is 0.0213. The van der Waals surface area contributed by atoms with Crippen molar-refractivity contribution in [3.05, 3.63) is 35.9 Å². The predicted molar refractivity (Wildman–Crippen MR) is 68.9 cm³/mol. The van der Waals surface area contributed by atoms with E-state index in [2.05, 4.69) is 5.32 Å². The number of nitrogens with one attached hydrogen (secondary N) is 1. The molecule has 0 heterocycles. The number of hydrogen-bond donors (Lipinski definition) is 3. The molecule has 0 aliphatic carbocycles. The highest BCUT2D eigenvalue weighted by Crippen LogP contribution is 2.16. The molecule has 0 saturated heterocycles. The van der Waals surface area contributed by atoms with E-state index in [9.17, 15) is 4.79 Å². The third-order valence-corrected chi connectivity index (χ3v) is 2.61. The molecule has 100 valence electrons. The summed E-state index contributed by atoms with van der Waals surface area (Å²) in [5.41, 5.74) is 5.74. The lowest BCUT2D eigenvalue weighted by molar-refractivity contribution is -0.126. The highest BCUT2D eigenvalue weighted by Gasteiger charge is 2.29. The molecule has 0 spiro atoms. The molecule has 1 unspecified atom stereocenters. The lowest BCUT2D eigenvalue weighted by Crippen LogP contribution is -2.49. The number of hydrogen-bond acceptors (Lipinski definition) is 4. The summed E-state index contributed by atoms with van der Waals surface area (Å²) in [6, 6.07) is 9.21. The van der Waals surface area contributed by atoms with E-state index >= 15 is 0 Å². The Morgan fingerprint density at radius 1 is 1.39 bits per heavy atom. The zero-order chi connectivity index (χ0) is 13.4. The fourth-order valence-corrected chi connectivity index (χ4v) is 1.50. The van der Waals surface area contributed by atoms with E-state index in [4.69, 9.17) is 15.6 Å². The van der Waals surface area contributed by atoms with E-state index in [1.165, 1.54) is 0 Å². The van der Waals surface area contributed by atoms with Crippen LogP contribution in [0.15, 0.2) is 30.3 Å². The molecule has 4 N–H and O–H groups in total. The van der Waals surface area contributed by atoms with Gasteiger partial charge >= 0.3 is 0 Å². The molecule has 0 radical (unpaired) electrons. The van der Waals surface area contributed by atoms with Crippen LogP contribution in [0, 0.1) is 0 Å². The summed E-state index contributed by atoms with van der Waals surface area (Å²) in [4.78, 5) is 12.0. The van der Waals surface area contributed by atoms with E-state index in [1.807, 2.05) is 30.3 Å². The maximum atomic E-state index is 12.0. The maximum absolute atomic E-state index is 12.0. The third kappa shape index (κ3) is 4.10. The van der Waals surface area contributed by atoms with Gasteiger partial charge in [-0.2, -0.15) is 0 Å². The van der Waals surface area contributed by atoms with E-state index < -0.39 is 5.54 Å². The first-order valence-electron chi connectivity index (χ1n) is 5.90. The van der Waals surface area contributed by atoms with Crippen molar-refractivity contribution in [3.8, 4) is 0 Å². The second kappa shape index (κ2) is 7.10. The Bertz CT molecular complexity index is 366. The van der Waals surface area contributed by atoms with Crippen LogP contribution in [-0.2, 0) is 15.1 Å². The second-order valence-corrected chi connectivity index (χ2v) is 4.16. The molecule has 0 bridgehead atoms. The fourth-order valence-electron chi connectivity index (χ4n) is 1.50. The van der Waals surface area contributed by atoms with Crippen molar-refractivity contribution in [1.29, 1.82) is 0 Å². The van der Waals surface area contributed by atoms with Crippen molar-refractivity contribution in [2.75, 3.05) is 26.4 Å². The van der Waals surface area contributed by atoms with Gasteiger partial charge in [-0.3, -0.25) is 4.79 Å². The summed E-state index contributed by atoms with van der Waals surface area (Å²) in [6.07, 6.45) is 0. The fraction of sp³-hybridized carbons (Fsp3) is 0.462. The van der Waals surface area contributed by atoms with Gasteiger partial charge in [0.15, 0.2) is 0 Å².